The highest BCUT2D eigenvalue weighted by atomic mass is 16.6. The Hall–Kier alpha value is -0.400. The number of aliphatic hydroxyl groups is 2. The van der Waals surface area contributed by atoms with Gasteiger partial charge >= 0.3 is 0 Å². The molecule has 7 fully saturated rings. The Labute approximate surface area is 240 Å². The minimum atomic E-state index is -0.902. The van der Waals surface area contributed by atoms with E-state index < -0.39 is 18.4 Å². The SMILES string of the molecule is CN(C[C@H]1O[C@@H](N2CCC3C(N)NCNC32)[C@H](O)[C@@H]1O)C1CC(CCC2NC3CCC(C4(C)CCC4)CC3N2)C1. The lowest BCUT2D eigenvalue weighted by Crippen LogP contribution is -2.64. The summed E-state index contributed by atoms with van der Waals surface area (Å²) in [4.78, 5) is 4.53. The molecule has 0 amide bonds. The summed E-state index contributed by atoms with van der Waals surface area (Å²) in [6.45, 7) is 4.65. The van der Waals surface area contributed by atoms with Crippen molar-refractivity contribution in [3.8, 4) is 0 Å². The van der Waals surface area contributed by atoms with Crippen LogP contribution in [-0.2, 0) is 4.74 Å². The summed E-state index contributed by atoms with van der Waals surface area (Å²) in [5.74, 6) is 1.98. The van der Waals surface area contributed by atoms with Crippen molar-refractivity contribution >= 4 is 0 Å². The van der Waals surface area contributed by atoms with Gasteiger partial charge in [-0.3, -0.25) is 26.2 Å². The third kappa shape index (κ3) is 5.18. The summed E-state index contributed by atoms with van der Waals surface area (Å²) in [7, 11) is 2.15. The van der Waals surface area contributed by atoms with E-state index in [1.807, 2.05) is 0 Å². The molecule has 7 unspecified atom stereocenters. The predicted octanol–water partition coefficient (Wildman–Crippen LogP) is 0.253. The Kier molecular flexibility index (Phi) is 7.99. The molecule has 0 spiro atoms. The van der Waals surface area contributed by atoms with Gasteiger partial charge in [0.05, 0.1) is 18.5 Å². The van der Waals surface area contributed by atoms with Gasteiger partial charge in [0.15, 0.2) is 0 Å². The van der Waals surface area contributed by atoms with E-state index in [1.165, 1.54) is 64.2 Å². The van der Waals surface area contributed by atoms with E-state index in [9.17, 15) is 10.2 Å². The fourth-order valence-corrected chi connectivity index (χ4v) is 9.55. The molecule has 3 saturated carbocycles. The van der Waals surface area contributed by atoms with E-state index in [-0.39, 0.29) is 24.4 Å². The van der Waals surface area contributed by atoms with Crippen molar-refractivity contribution < 1.29 is 14.9 Å². The lowest BCUT2D eigenvalue weighted by atomic mass is 9.58. The molecule has 7 rings (SSSR count). The van der Waals surface area contributed by atoms with Crippen molar-refractivity contribution in [1.29, 1.82) is 0 Å². The molecule has 4 heterocycles. The zero-order valence-corrected chi connectivity index (χ0v) is 24.7. The van der Waals surface area contributed by atoms with Gasteiger partial charge in [-0.2, -0.15) is 0 Å². The van der Waals surface area contributed by atoms with Crippen LogP contribution in [0.2, 0.25) is 0 Å². The lowest BCUT2D eigenvalue weighted by Gasteiger charge is -2.48. The second kappa shape index (κ2) is 11.3. The molecule has 40 heavy (non-hydrogen) atoms. The molecular weight excluding hydrogens is 506 g/mol. The topological polar surface area (TPSA) is 130 Å². The van der Waals surface area contributed by atoms with Gasteiger partial charge in [0.2, 0.25) is 0 Å². The van der Waals surface area contributed by atoms with Crippen LogP contribution in [0.15, 0.2) is 0 Å². The third-order valence-electron chi connectivity index (χ3n) is 12.6. The molecule has 0 radical (unpaired) electrons. The van der Waals surface area contributed by atoms with Gasteiger partial charge in [-0.05, 0) is 88.5 Å². The summed E-state index contributed by atoms with van der Waals surface area (Å²) in [6.07, 6.45) is 12.2. The first-order valence-electron chi connectivity index (χ1n) is 16.5. The number of aliphatic hydroxyl groups excluding tert-OH is 2. The van der Waals surface area contributed by atoms with Crippen molar-refractivity contribution in [2.75, 3.05) is 26.8 Å². The third-order valence-corrected chi connectivity index (χ3v) is 12.6. The minimum Gasteiger partial charge on any atom is -0.387 e. The van der Waals surface area contributed by atoms with Crippen molar-refractivity contribution in [2.45, 2.75) is 139 Å². The van der Waals surface area contributed by atoms with Crippen LogP contribution in [-0.4, -0.2) is 108 Å². The minimum absolute atomic E-state index is 0.0505. The summed E-state index contributed by atoms with van der Waals surface area (Å²) >= 11 is 0. The monoisotopic (exact) mass is 561 g/mol. The molecule has 4 saturated heterocycles. The van der Waals surface area contributed by atoms with E-state index in [0.717, 1.165) is 24.8 Å². The van der Waals surface area contributed by atoms with Gasteiger partial charge in [-0.25, -0.2) is 0 Å². The Balaban J connectivity index is 0.832. The van der Waals surface area contributed by atoms with E-state index in [0.29, 0.717) is 42.9 Å². The molecule has 10 heteroatoms. The van der Waals surface area contributed by atoms with Gasteiger partial charge in [-0.15, -0.1) is 0 Å². The normalized spacial score (nSPS) is 50.4. The number of ether oxygens (including phenoxy) is 1. The number of hydrogen-bond donors (Lipinski definition) is 7. The first-order chi connectivity index (χ1) is 19.3. The maximum Gasteiger partial charge on any atom is 0.141 e. The van der Waals surface area contributed by atoms with Gasteiger partial charge in [0.1, 0.15) is 24.5 Å². The number of hydrogen-bond acceptors (Lipinski definition) is 10. The van der Waals surface area contributed by atoms with E-state index >= 15 is 0 Å². The van der Waals surface area contributed by atoms with Gasteiger partial charge in [0, 0.05) is 43.8 Å². The summed E-state index contributed by atoms with van der Waals surface area (Å²) in [5.41, 5.74) is 6.90. The van der Waals surface area contributed by atoms with E-state index in [1.54, 1.807) is 0 Å². The molecule has 0 aromatic carbocycles. The van der Waals surface area contributed by atoms with Crippen molar-refractivity contribution in [1.82, 2.24) is 31.1 Å². The predicted molar refractivity (Wildman–Crippen MR) is 154 cm³/mol. The van der Waals surface area contributed by atoms with Gasteiger partial charge in [0.25, 0.3) is 0 Å². The maximum atomic E-state index is 10.9. The number of fused-ring (bicyclic) bond motifs is 2. The van der Waals surface area contributed by atoms with E-state index in [2.05, 4.69) is 45.0 Å². The number of likely N-dealkylation sites (tertiary alicyclic amines) is 1. The van der Waals surface area contributed by atoms with Crippen LogP contribution >= 0.6 is 0 Å². The molecule has 7 aliphatic rings. The lowest BCUT2D eigenvalue weighted by molar-refractivity contribution is -0.111. The van der Waals surface area contributed by atoms with Crippen LogP contribution < -0.4 is 27.0 Å². The Morgan fingerprint density at radius 1 is 1.00 bits per heavy atom. The van der Waals surface area contributed by atoms with Crippen LogP contribution in [0.5, 0.6) is 0 Å². The Bertz CT molecular complexity index is 887. The quantitative estimate of drug-likeness (QED) is 0.221. The van der Waals surface area contributed by atoms with E-state index in [4.69, 9.17) is 10.5 Å². The standard InChI is InChI=1S/C30H55N7O3/c1-30(9-3-10-30)18-5-6-21-22(14-18)35-24(34-21)7-4-17-12-19(13-17)36(2)15-23-25(38)26(39)29(40-23)37-11-8-20-27(31)32-16-33-28(20)37/h17-29,32-35,38-39H,3-16,31H2,1-2H3/t17?,18?,19?,20?,21?,22?,23-,24?,25-,26-,27?,28?,29-/m1/s1. The van der Waals surface area contributed by atoms with Crippen LogP contribution in [0.3, 0.4) is 0 Å². The second-order valence-corrected chi connectivity index (χ2v) is 14.9. The molecule has 0 bridgehead atoms. The van der Waals surface area contributed by atoms with Crippen LogP contribution in [0.25, 0.3) is 0 Å². The first kappa shape index (κ1) is 28.4. The molecular formula is C30H55N7O3. The molecule has 11 atom stereocenters. The largest absolute Gasteiger partial charge is 0.387 e. The highest BCUT2D eigenvalue weighted by molar-refractivity contribution is 5.03. The molecule has 8 N–H and O–H groups in total. The van der Waals surface area contributed by atoms with Crippen molar-refractivity contribution in [3.05, 3.63) is 0 Å². The smallest absolute Gasteiger partial charge is 0.141 e. The maximum absolute atomic E-state index is 10.9. The summed E-state index contributed by atoms with van der Waals surface area (Å²) < 4.78 is 6.34. The fraction of sp³-hybridized carbons (Fsp3) is 1.00. The second-order valence-electron chi connectivity index (χ2n) is 14.9. The van der Waals surface area contributed by atoms with Gasteiger partial charge in [-0.1, -0.05) is 13.3 Å². The van der Waals surface area contributed by atoms with Crippen LogP contribution in [0, 0.1) is 23.2 Å². The average Bonchev–Trinajstić information content (AvgIpc) is 3.58. The molecule has 10 nitrogen and oxygen atoms in total. The Morgan fingerprint density at radius 3 is 2.58 bits per heavy atom. The zero-order chi connectivity index (χ0) is 27.6. The van der Waals surface area contributed by atoms with Gasteiger partial charge < -0.3 is 25.6 Å². The molecule has 0 aromatic heterocycles. The number of rotatable bonds is 8. The highest BCUT2D eigenvalue weighted by Crippen LogP contribution is 2.52. The molecule has 0 aromatic rings. The molecule has 4 aliphatic heterocycles. The summed E-state index contributed by atoms with van der Waals surface area (Å²) in [5, 5.41) is 36.4. The van der Waals surface area contributed by atoms with Crippen molar-refractivity contribution in [2.24, 2.45) is 28.9 Å². The van der Waals surface area contributed by atoms with Crippen LogP contribution in [0.1, 0.15) is 77.6 Å². The number of nitrogens with zero attached hydrogens (tertiary/aromatic N) is 2. The number of likely N-dealkylation sites (N-methyl/N-ethyl adjacent to an activating group) is 1. The zero-order valence-electron chi connectivity index (χ0n) is 24.7. The first-order valence-corrected chi connectivity index (χ1v) is 16.5. The fourth-order valence-electron chi connectivity index (χ4n) is 9.55. The average molecular weight is 562 g/mol. The highest BCUT2D eigenvalue weighted by Gasteiger charge is 2.52. The molecule has 228 valence electrons. The summed E-state index contributed by atoms with van der Waals surface area (Å²) in [6, 6.07) is 1.89. The number of nitrogens with two attached hydrogens (primary N) is 1. The Morgan fingerprint density at radius 2 is 1.80 bits per heavy atom. The number of nitrogens with one attached hydrogen (secondary N) is 4. The molecule has 3 aliphatic carbocycles. The van der Waals surface area contributed by atoms with Crippen LogP contribution in [0.4, 0.5) is 0 Å². The van der Waals surface area contributed by atoms with Crippen molar-refractivity contribution in [3.63, 3.8) is 0 Å².